The van der Waals surface area contributed by atoms with Gasteiger partial charge in [-0.2, -0.15) is 0 Å². The molecule has 4 aromatic rings. The van der Waals surface area contributed by atoms with E-state index in [1.807, 2.05) is 6.92 Å². The van der Waals surface area contributed by atoms with Crippen molar-refractivity contribution in [1.29, 1.82) is 0 Å². The van der Waals surface area contributed by atoms with E-state index < -0.39 is 24.4 Å². The maximum Gasteiger partial charge on any atom is 0.340 e. The standard InChI is InChI=1S/C29H25N3O7/c1-2-37-22-15-13-21(14-16-22)31-27(34)19-9-11-20(12-10-19)30-26(33)18-39-29(36)23-6-3-4-7-24(23)32-28(35)25-8-5-17-38-25/h3-17H,2,18H2,1H3,(H,30,33)(H,31,34)(H,32,35). The molecule has 3 amide bonds. The van der Waals surface area contributed by atoms with Crippen molar-refractivity contribution < 1.29 is 33.1 Å². The monoisotopic (exact) mass is 527 g/mol. The zero-order valence-electron chi connectivity index (χ0n) is 20.9. The van der Waals surface area contributed by atoms with Crippen molar-refractivity contribution in [3.63, 3.8) is 0 Å². The molecule has 1 aromatic heterocycles. The van der Waals surface area contributed by atoms with Crippen LogP contribution in [0.3, 0.4) is 0 Å². The number of ether oxygens (including phenoxy) is 2. The third-order valence-electron chi connectivity index (χ3n) is 5.33. The number of amides is 3. The van der Waals surface area contributed by atoms with Crippen molar-refractivity contribution in [2.45, 2.75) is 6.92 Å². The lowest BCUT2D eigenvalue weighted by Crippen LogP contribution is -2.22. The highest BCUT2D eigenvalue weighted by Crippen LogP contribution is 2.19. The molecule has 10 heteroatoms. The van der Waals surface area contributed by atoms with Crippen LogP contribution in [0.25, 0.3) is 0 Å². The normalized spacial score (nSPS) is 10.3. The van der Waals surface area contributed by atoms with Gasteiger partial charge in [0, 0.05) is 16.9 Å². The first-order chi connectivity index (χ1) is 18.9. The SMILES string of the molecule is CCOc1ccc(NC(=O)c2ccc(NC(=O)COC(=O)c3ccccc3NC(=O)c3ccco3)cc2)cc1. The Morgan fingerprint density at radius 2 is 1.44 bits per heavy atom. The summed E-state index contributed by atoms with van der Waals surface area (Å²) in [6.07, 6.45) is 1.36. The van der Waals surface area contributed by atoms with E-state index in [1.54, 1.807) is 66.7 Å². The number of benzene rings is 3. The van der Waals surface area contributed by atoms with Gasteiger partial charge < -0.3 is 29.8 Å². The molecule has 0 unspecified atom stereocenters. The van der Waals surface area contributed by atoms with Gasteiger partial charge in [-0.25, -0.2) is 4.79 Å². The molecule has 0 radical (unpaired) electrons. The van der Waals surface area contributed by atoms with Gasteiger partial charge >= 0.3 is 5.97 Å². The molecule has 39 heavy (non-hydrogen) atoms. The van der Waals surface area contributed by atoms with Gasteiger partial charge in [-0.15, -0.1) is 0 Å². The number of carbonyl (C=O) groups is 4. The van der Waals surface area contributed by atoms with Crippen LogP contribution in [0.5, 0.6) is 5.75 Å². The number of hydrogen-bond acceptors (Lipinski definition) is 7. The smallest absolute Gasteiger partial charge is 0.340 e. The minimum atomic E-state index is -0.790. The van der Waals surface area contributed by atoms with Crippen molar-refractivity contribution in [3.8, 4) is 5.75 Å². The van der Waals surface area contributed by atoms with E-state index in [-0.39, 0.29) is 22.9 Å². The van der Waals surface area contributed by atoms with Gasteiger partial charge in [-0.1, -0.05) is 12.1 Å². The highest BCUT2D eigenvalue weighted by atomic mass is 16.5. The van der Waals surface area contributed by atoms with E-state index >= 15 is 0 Å². The maximum absolute atomic E-state index is 12.6. The number of rotatable bonds is 10. The van der Waals surface area contributed by atoms with E-state index in [2.05, 4.69) is 16.0 Å². The molecular weight excluding hydrogens is 502 g/mol. The Morgan fingerprint density at radius 1 is 0.744 bits per heavy atom. The van der Waals surface area contributed by atoms with E-state index in [4.69, 9.17) is 13.9 Å². The summed E-state index contributed by atoms with van der Waals surface area (Å²) in [6, 6.07) is 22.6. The molecule has 198 valence electrons. The maximum atomic E-state index is 12.6. The van der Waals surface area contributed by atoms with Gasteiger partial charge in [-0.05, 0) is 79.7 Å². The number of anilines is 3. The molecule has 0 aliphatic rings. The predicted octanol–water partition coefficient (Wildman–Crippen LogP) is 4.98. The van der Waals surface area contributed by atoms with Gasteiger partial charge in [0.15, 0.2) is 12.4 Å². The second-order valence-corrected chi connectivity index (χ2v) is 8.09. The summed E-state index contributed by atoms with van der Waals surface area (Å²) < 4.78 is 15.6. The van der Waals surface area contributed by atoms with E-state index in [0.717, 1.165) is 0 Å². The van der Waals surface area contributed by atoms with Gasteiger partial charge in [0.05, 0.1) is 24.1 Å². The molecule has 3 aromatic carbocycles. The fraction of sp³-hybridized carbons (Fsp3) is 0.103. The zero-order valence-corrected chi connectivity index (χ0v) is 20.9. The van der Waals surface area contributed by atoms with Gasteiger partial charge in [0.1, 0.15) is 5.75 Å². The molecule has 0 aliphatic carbocycles. The van der Waals surface area contributed by atoms with E-state index in [1.165, 1.54) is 24.5 Å². The van der Waals surface area contributed by atoms with Crippen LogP contribution in [0.2, 0.25) is 0 Å². The Labute approximate surface area is 223 Å². The summed E-state index contributed by atoms with van der Waals surface area (Å²) in [5, 5.41) is 7.98. The Hall–Kier alpha value is -5.38. The molecule has 0 saturated heterocycles. The first-order valence-electron chi connectivity index (χ1n) is 12.0. The van der Waals surface area contributed by atoms with E-state index in [9.17, 15) is 19.2 Å². The Kier molecular flexibility index (Phi) is 8.71. The summed E-state index contributed by atoms with van der Waals surface area (Å²) in [5.41, 5.74) is 1.71. The van der Waals surface area contributed by atoms with Crippen LogP contribution in [0.4, 0.5) is 17.1 Å². The van der Waals surface area contributed by atoms with Crippen molar-refractivity contribution in [3.05, 3.63) is 108 Å². The van der Waals surface area contributed by atoms with Crippen LogP contribution in [-0.4, -0.2) is 36.9 Å². The van der Waals surface area contributed by atoms with Crippen molar-refractivity contribution in [1.82, 2.24) is 0 Å². The van der Waals surface area contributed by atoms with Gasteiger partial charge in [-0.3, -0.25) is 14.4 Å². The average molecular weight is 528 g/mol. The van der Waals surface area contributed by atoms with Gasteiger partial charge in [0.25, 0.3) is 17.7 Å². The van der Waals surface area contributed by atoms with Crippen LogP contribution in [0, 0.1) is 0 Å². The average Bonchev–Trinajstić information content (AvgIpc) is 3.49. The van der Waals surface area contributed by atoms with Crippen LogP contribution < -0.4 is 20.7 Å². The fourth-order valence-corrected chi connectivity index (χ4v) is 3.48. The quantitative estimate of drug-likeness (QED) is 0.248. The lowest BCUT2D eigenvalue weighted by Gasteiger charge is -2.11. The van der Waals surface area contributed by atoms with Crippen molar-refractivity contribution >= 4 is 40.8 Å². The first-order valence-corrected chi connectivity index (χ1v) is 12.0. The number of nitrogens with one attached hydrogen (secondary N) is 3. The molecule has 0 spiro atoms. The van der Waals surface area contributed by atoms with E-state index in [0.29, 0.717) is 29.3 Å². The van der Waals surface area contributed by atoms with Crippen LogP contribution in [0.1, 0.15) is 38.2 Å². The third kappa shape index (κ3) is 7.32. The number of para-hydroxylation sites is 1. The number of furan rings is 1. The zero-order chi connectivity index (χ0) is 27.6. The molecule has 3 N–H and O–H groups in total. The number of hydrogen-bond donors (Lipinski definition) is 3. The largest absolute Gasteiger partial charge is 0.494 e. The third-order valence-corrected chi connectivity index (χ3v) is 5.33. The fourth-order valence-electron chi connectivity index (χ4n) is 3.48. The number of carbonyl (C=O) groups excluding carboxylic acids is 4. The molecule has 0 aliphatic heterocycles. The van der Waals surface area contributed by atoms with Crippen LogP contribution >= 0.6 is 0 Å². The first kappa shape index (κ1) is 26.7. The summed E-state index contributed by atoms with van der Waals surface area (Å²) >= 11 is 0. The van der Waals surface area contributed by atoms with Crippen LogP contribution in [-0.2, 0) is 9.53 Å². The Bertz CT molecular complexity index is 1450. The predicted molar refractivity (Wildman–Crippen MR) is 144 cm³/mol. The van der Waals surface area contributed by atoms with Crippen molar-refractivity contribution in [2.24, 2.45) is 0 Å². The summed E-state index contributed by atoms with van der Waals surface area (Å²) in [6.45, 7) is 1.89. The topological polar surface area (TPSA) is 136 Å². The molecule has 0 bridgehead atoms. The Balaban J connectivity index is 1.28. The highest BCUT2D eigenvalue weighted by Gasteiger charge is 2.17. The minimum absolute atomic E-state index is 0.0769. The highest BCUT2D eigenvalue weighted by molar-refractivity contribution is 6.07. The molecule has 10 nitrogen and oxygen atoms in total. The Morgan fingerprint density at radius 3 is 2.13 bits per heavy atom. The van der Waals surface area contributed by atoms with Crippen molar-refractivity contribution in [2.75, 3.05) is 29.2 Å². The molecular formula is C29H25N3O7. The summed E-state index contributed by atoms with van der Waals surface area (Å²) in [5.74, 6) is -1.42. The molecule has 1 heterocycles. The molecule has 4 rings (SSSR count). The molecule has 0 atom stereocenters. The lowest BCUT2D eigenvalue weighted by molar-refractivity contribution is -0.119. The summed E-state index contributed by atoms with van der Waals surface area (Å²) in [4.78, 5) is 49.7. The summed E-state index contributed by atoms with van der Waals surface area (Å²) in [7, 11) is 0. The second-order valence-electron chi connectivity index (χ2n) is 8.09. The molecule has 0 fully saturated rings. The second kappa shape index (κ2) is 12.7. The molecule has 0 saturated carbocycles. The lowest BCUT2D eigenvalue weighted by atomic mass is 10.1. The number of esters is 1. The van der Waals surface area contributed by atoms with Gasteiger partial charge in [0.2, 0.25) is 0 Å². The van der Waals surface area contributed by atoms with Crippen LogP contribution in [0.15, 0.2) is 95.6 Å². The minimum Gasteiger partial charge on any atom is -0.494 e.